The molecule has 2 rings (SSSR count). The van der Waals surface area contributed by atoms with Gasteiger partial charge in [-0.3, -0.25) is 4.79 Å². The van der Waals surface area contributed by atoms with Gasteiger partial charge in [0.15, 0.2) is 0 Å². The average Bonchev–Trinajstić information content (AvgIpc) is 2.62. The highest BCUT2D eigenvalue weighted by molar-refractivity contribution is 7.89. The quantitative estimate of drug-likeness (QED) is 0.771. The molecule has 0 saturated heterocycles. The Morgan fingerprint density at radius 3 is 2.42 bits per heavy atom. The van der Waals surface area contributed by atoms with Crippen LogP contribution in [0.25, 0.3) is 0 Å². The zero-order valence-corrected chi connectivity index (χ0v) is 15.9. The van der Waals surface area contributed by atoms with Crippen LogP contribution < -0.4 is 19.5 Å². The van der Waals surface area contributed by atoms with Gasteiger partial charge in [-0.1, -0.05) is 12.1 Å². The minimum Gasteiger partial charge on any atom is -0.497 e. The summed E-state index contributed by atoms with van der Waals surface area (Å²) in [4.78, 5) is 12.0. The summed E-state index contributed by atoms with van der Waals surface area (Å²) in [6.45, 7) is 3.36. The Balaban J connectivity index is 2.13. The number of rotatable bonds is 7. The van der Waals surface area contributed by atoms with E-state index in [2.05, 4.69) is 10.0 Å². The van der Waals surface area contributed by atoms with Crippen LogP contribution in [0.1, 0.15) is 11.1 Å². The lowest BCUT2D eigenvalue weighted by Gasteiger charge is -2.13. The van der Waals surface area contributed by atoms with Gasteiger partial charge < -0.3 is 14.8 Å². The van der Waals surface area contributed by atoms with Gasteiger partial charge in [-0.05, 0) is 43.2 Å². The minimum absolute atomic E-state index is 0.0983. The summed E-state index contributed by atoms with van der Waals surface area (Å²) in [5.41, 5.74) is 2.53. The van der Waals surface area contributed by atoms with Crippen molar-refractivity contribution in [1.29, 1.82) is 0 Å². The van der Waals surface area contributed by atoms with Crippen LogP contribution in [0.4, 0.5) is 5.69 Å². The third-order valence-corrected chi connectivity index (χ3v) is 5.17. The number of carbonyl (C=O) groups excluding carboxylic acids is 1. The van der Waals surface area contributed by atoms with Crippen molar-refractivity contribution < 1.29 is 22.7 Å². The van der Waals surface area contributed by atoms with Gasteiger partial charge in [-0.25, -0.2) is 13.1 Å². The maximum Gasteiger partial charge on any atom is 0.244 e. The van der Waals surface area contributed by atoms with Crippen molar-refractivity contribution in [2.24, 2.45) is 0 Å². The van der Waals surface area contributed by atoms with Crippen molar-refractivity contribution in [2.45, 2.75) is 18.7 Å². The van der Waals surface area contributed by atoms with Crippen LogP contribution in [0.2, 0.25) is 0 Å². The molecule has 0 unspecified atom stereocenters. The lowest BCUT2D eigenvalue weighted by molar-refractivity contribution is -0.115. The molecule has 2 aromatic rings. The first-order chi connectivity index (χ1) is 12.3. The second-order valence-electron chi connectivity index (χ2n) is 5.71. The monoisotopic (exact) mass is 378 g/mol. The molecule has 0 aliphatic rings. The van der Waals surface area contributed by atoms with Crippen LogP contribution in [-0.4, -0.2) is 35.1 Å². The average molecular weight is 378 g/mol. The maximum absolute atomic E-state index is 12.5. The van der Waals surface area contributed by atoms with Crippen molar-refractivity contribution in [3.05, 3.63) is 47.5 Å². The molecule has 0 atom stereocenters. The van der Waals surface area contributed by atoms with Gasteiger partial charge >= 0.3 is 0 Å². The van der Waals surface area contributed by atoms with E-state index in [1.165, 1.54) is 26.4 Å². The number of amides is 1. The van der Waals surface area contributed by atoms with Crippen LogP contribution in [-0.2, 0) is 14.8 Å². The first-order valence-corrected chi connectivity index (χ1v) is 9.34. The SMILES string of the molecule is COc1ccc(OC)c(S(=O)(=O)NCC(=O)Nc2cc(C)ccc2C)c1. The number of hydrogen-bond acceptors (Lipinski definition) is 5. The van der Waals surface area contributed by atoms with Crippen LogP contribution >= 0.6 is 0 Å². The molecule has 0 aliphatic carbocycles. The molecule has 0 saturated carbocycles. The van der Waals surface area contributed by atoms with Crippen molar-refractivity contribution in [2.75, 3.05) is 26.1 Å². The highest BCUT2D eigenvalue weighted by Gasteiger charge is 2.21. The number of methoxy groups -OCH3 is 2. The number of hydrogen-bond donors (Lipinski definition) is 2. The lowest BCUT2D eigenvalue weighted by atomic mass is 10.1. The predicted octanol–water partition coefficient (Wildman–Crippen LogP) is 2.24. The van der Waals surface area contributed by atoms with E-state index in [1.54, 1.807) is 6.07 Å². The van der Waals surface area contributed by atoms with E-state index in [9.17, 15) is 13.2 Å². The second-order valence-corrected chi connectivity index (χ2v) is 7.44. The Morgan fingerprint density at radius 2 is 1.77 bits per heavy atom. The smallest absolute Gasteiger partial charge is 0.244 e. The molecular formula is C18H22N2O5S. The van der Waals surface area contributed by atoms with Gasteiger partial charge in [-0.2, -0.15) is 0 Å². The first kappa shape index (κ1) is 19.7. The predicted molar refractivity (Wildman–Crippen MR) is 99.3 cm³/mol. The summed E-state index contributed by atoms with van der Waals surface area (Å²) in [5, 5.41) is 2.70. The molecule has 26 heavy (non-hydrogen) atoms. The largest absolute Gasteiger partial charge is 0.497 e. The van der Waals surface area contributed by atoms with E-state index in [1.807, 2.05) is 32.0 Å². The van der Waals surface area contributed by atoms with Gasteiger partial charge in [0.1, 0.15) is 16.4 Å². The van der Waals surface area contributed by atoms with E-state index in [-0.39, 0.29) is 10.6 Å². The molecular weight excluding hydrogens is 356 g/mol. The molecule has 140 valence electrons. The molecule has 2 aromatic carbocycles. The van der Waals surface area contributed by atoms with Gasteiger partial charge in [0.2, 0.25) is 15.9 Å². The molecule has 0 spiro atoms. The van der Waals surface area contributed by atoms with E-state index in [0.717, 1.165) is 11.1 Å². The lowest BCUT2D eigenvalue weighted by Crippen LogP contribution is -2.33. The highest BCUT2D eigenvalue weighted by Crippen LogP contribution is 2.27. The van der Waals surface area contributed by atoms with Crippen LogP contribution in [0.15, 0.2) is 41.3 Å². The number of sulfonamides is 1. The van der Waals surface area contributed by atoms with Crippen molar-refractivity contribution in [1.82, 2.24) is 4.72 Å². The molecule has 2 N–H and O–H groups in total. The summed E-state index contributed by atoms with van der Waals surface area (Å²) in [6, 6.07) is 10.1. The van der Waals surface area contributed by atoms with Crippen LogP contribution in [0.5, 0.6) is 11.5 Å². The van der Waals surface area contributed by atoms with Crippen molar-refractivity contribution in [3.8, 4) is 11.5 Å². The summed E-state index contributed by atoms with van der Waals surface area (Å²) in [6.07, 6.45) is 0. The molecule has 0 aliphatic heterocycles. The third-order valence-electron chi connectivity index (χ3n) is 3.75. The number of aryl methyl sites for hydroxylation is 2. The zero-order valence-electron chi connectivity index (χ0n) is 15.1. The number of ether oxygens (including phenoxy) is 2. The molecule has 0 bridgehead atoms. The fourth-order valence-electron chi connectivity index (χ4n) is 2.30. The fourth-order valence-corrected chi connectivity index (χ4v) is 3.46. The van der Waals surface area contributed by atoms with E-state index in [4.69, 9.17) is 9.47 Å². The molecule has 8 heteroatoms. The minimum atomic E-state index is -3.96. The number of nitrogens with one attached hydrogen (secondary N) is 2. The first-order valence-electron chi connectivity index (χ1n) is 7.85. The van der Waals surface area contributed by atoms with Gasteiger partial charge in [-0.15, -0.1) is 0 Å². The number of carbonyl (C=O) groups is 1. The summed E-state index contributed by atoms with van der Waals surface area (Å²) in [5.74, 6) is 0.0587. The van der Waals surface area contributed by atoms with Crippen molar-refractivity contribution in [3.63, 3.8) is 0 Å². The molecule has 0 radical (unpaired) electrons. The van der Waals surface area contributed by atoms with E-state index in [0.29, 0.717) is 11.4 Å². The molecule has 7 nitrogen and oxygen atoms in total. The van der Waals surface area contributed by atoms with Crippen molar-refractivity contribution >= 4 is 21.6 Å². The maximum atomic E-state index is 12.5. The molecule has 0 aromatic heterocycles. The third kappa shape index (κ3) is 4.74. The highest BCUT2D eigenvalue weighted by atomic mass is 32.2. The summed E-state index contributed by atoms with van der Waals surface area (Å²) < 4.78 is 37.5. The van der Waals surface area contributed by atoms with Gasteiger partial charge in [0, 0.05) is 11.8 Å². The Labute approximate surface area is 153 Å². The van der Waals surface area contributed by atoms with E-state index >= 15 is 0 Å². The second kappa shape index (κ2) is 8.20. The zero-order chi connectivity index (χ0) is 19.3. The topological polar surface area (TPSA) is 93.7 Å². The number of benzene rings is 2. The van der Waals surface area contributed by atoms with Crippen LogP contribution in [0.3, 0.4) is 0 Å². The Kier molecular flexibility index (Phi) is 6.23. The van der Waals surface area contributed by atoms with Gasteiger partial charge in [0.05, 0.1) is 20.8 Å². The summed E-state index contributed by atoms with van der Waals surface area (Å²) >= 11 is 0. The summed E-state index contributed by atoms with van der Waals surface area (Å²) in [7, 11) is -1.15. The fraction of sp³-hybridized carbons (Fsp3) is 0.278. The normalized spacial score (nSPS) is 11.1. The Hall–Kier alpha value is -2.58. The van der Waals surface area contributed by atoms with E-state index < -0.39 is 22.5 Å². The van der Waals surface area contributed by atoms with Crippen LogP contribution in [0, 0.1) is 13.8 Å². The molecule has 1 amide bonds. The standard InChI is InChI=1S/C18H22N2O5S/c1-12-5-6-13(2)15(9-12)20-18(21)11-19-26(22,23)17-10-14(24-3)7-8-16(17)25-4/h5-10,19H,11H2,1-4H3,(H,20,21). The Morgan fingerprint density at radius 1 is 1.04 bits per heavy atom. The molecule has 0 fully saturated rings. The Bertz CT molecular complexity index is 910. The molecule has 0 heterocycles. The van der Waals surface area contributed by atoms with Gasteiger partial charge in [0.25, 0.3) is 0 Å². The number of anilines is 1.